The van der Waals surface area contributed by atoms with E-state index in [1.54, 1.807) is 6.07 Å². The molecule has 0 aliphatic carbocycles. The van der Waals surface area contributed by atoms with E-state index in [9.17, 15) is 26.4 Å². The highest BCUT2D eigenvalue weighted by Crippen LogP contribution is 2.29. The van der Waals surface area contributed by atoms with Gasteiger partial charge in [0, 0.05) is 24.9 Å². The zero-order valence-corrected chi connectivity index (χ0v) is 18.3. The number of hydrogen-bond donors (Lipinski definition) is 1. The summed E-state index contributed by atoms with van der Waals surface area (Å²) in [4.78, 5) is 12.1. The molecule has 8 nitrogen and oxygen atoms in total. The summed E-state index contributed by atoms with van der Waals surface area (Å²) in [6.07, 6.45) is -2.22. The third kappa shape index (κ3) is 6.70. The number of carbonyl (C=O) groups is 1. The van der Waals surface area contributed by atoms with E-state index >= 15 is 0 Å². The van der Waals surface area contributed by atoms with Crippen LogP contribution in [0.25, 0.3) is 6.08 Å². The van der Waals surface area contributed by atoms with Gasteiger partial charge in [0.05, 0.1) is 20.3 Å². The molecule has 1 fully saturated rings. The van der Waals surface area contributed by atoms with Gasteiger partial charge in [-0.05, 0) is 48.0 Å². The second kappa shape index (κ2) is 10.2. The van der Waals surface area contributed by atoms with Crippen LogP contribution in [0, 0.1) is 0 Å². The molecule has 12 heteroatoms. The Bertz CT molecular complexity index is 1110. The Morgan fingerprint density at radius 3 is 2.39 bits per heavy atom. The van der Waals surface area contributed by atoms with Crippen molar-refractivity contribution >= 4 is 27.7 Å². The third-order valence-electron chi connectivity index (χ3n) is 4.56. The van der Waals surface area contributed by atoms with Crippen molar-refractivity contribution in [3.63, 3.8) is 0 Å². The average molecular weight is 486 g/mol. The number of nitrogens with zero attached hydrogens (tertiary/aromatic N) is 1. The number of benzene rings is 2. The van der Waals surface area contributed by atoms with Crippen molar-refractivity contribution < 1.29 is 40.6 Å². The number of rotatable bonds is 7. The lowest BCUT2D eigenvalue weighted by atomic mass is 10.2. The monoisotopic (exact) mass is 486 g/mol. The van der Waals surface area contributed by atoms with Crippen LogP contribution in [-0.2, 0) is 19.6 Å². The fraction of sp³-hybridized carbons (Fsp3) is 0.286. The number of alkyl halides is 3. The molecule has 1 N–H and O–H groups in total. The highest BCUT2D eigenvalue weighted by molar-refractivity contribution is 7.89. The number of halogens is 3. The van der Waals surface area contributed by atoms with Crippen LogP contribution in [0.4, 0.5) is 18.9 Å². The molecule has 0 aromatic heterocycles. The number of carbonyl (C=O) groups excluding carboxylic acids is 1. The van der Waals surface area contributed by atoms with Gasteiger partial charge >= 0.3 is 6.36 Å². The first kappa shape index (κ1) is 24.6. The highest BCUT2D eigenvalue weighted by atomic mass is 32.2. The Labute approximate surface area is 188 Å². The number of morpholine rings is 1. The second-order valence-corrected chi connectivity index (χ2v) is 8.73. The predicted octanol–water partition coefficient (Wildman–Crippen LogP) is 3.27. The molecule has 1 heterocycles. The maximum atomic E-state index is 13.0. The zero-order chi connectivity index (χ0) is 24.1. The van der Waals surface area contributed by atoms with Gasteiger partial charge in [0.1, 0.15) is 16.4 Å². The Kier molecular flexibility index (Phi) is 7.61. The molecule has 0 unspecified atom stereocenters. The van der Waals surface area contributed by atoms with E-state index in [0.717, 1.165) is 12.1 Å². The van der Waals surface area contributed by atoms with Gasteiger partial charge in [0.15, 0.2) is 0 Å². The fourth-order valence-electron chi connectivity index (χ4n) is 3.02. The molecule has 178 valence electrons. The van der Waals surface area contributed by atoms with Crippen molar-refractivity contribution in [1.82, 2.24) is 4.31 Å². The molecule has 2 aromatic carbocycles. The molecule has 3 rings (SSSR count). The SMILES string of the molecule is COc1ccc(C=CC(=O)Nc2ccc(OC(F)(F)F)cc2)cc1S(=O)(=O)N1CCOCC1. The minimum absolute atomic E-state index is 0.0327. The fourth-order valence-corrected chi connectivity index (χ4v) is 4.62. The van der Waals surface area contributed by atoms with E-state index in [4.69, 9.17) is 9.47 Å². The molecule has 1 saturated heterocycles. The Morgan fingerprint density at radius 2 is 1.79 bits per heavy atom. The number of nitrogens with one attached hydrogen (secondary N) is 1. The summed E-state index contributed by atoms with van der Waals surface area (Å²) in [7, 11) is -2.47. The van der Waals surface area contributed by atoms with Gasteiger partial charge < -0.3 is 19.5 Å². The van der Waals surface area contributed by atoms with Crippen molar-refractivity contribution in [2.24, 2.45) is 0 Å². The Balaban J connectivity index is 1.72. The summed E-state index contributed by atoms with van der Waals surface area (Å²) in [6, 6.07) is 9.13. The van der Waals surface area contributed by atoms with Crippen LogP contribution in [0.5, 0.6) is 11.5 Å². The van der Waals surface area contributed by atoms with Crippen LogP contribution in [0.1, 0.15) is 5.56 Å². The minimum Gasteiger partial charge on any atom is -0.495 e. The number of anilines is 1. The van der Waals surface area contributed by atoms with Crippen molar-refractivity contribution in [2.75, 3.05) is 38.7 Å². The largest absolute Gasteiger partial charge is 0.573 e. The second-order valence-electron chi connectivity index (χ2n) is 6.82. The molecule has 0 bridgehead atoms. The van der Waals surface area contributed by atoms with Gasteiger partial charge in [0.2, 0.25) is 15.9 Å². The maximum Gasteiger partial charge on any atom is 0.573 e. The topological polar surface area (TPSA) is 94.2 Å². The smallest absolute Gasteiger partial charge is 0.495 e. The van der Waals surface area contributed by atoms with E-state index in [-0.39, 0.29) is 29.4 Å². The van der Waals surface area contributed by atoms with Crippen LogP contribution in [0.15, 0.2) is 53.4 Å². The molecular formula is C21H21F3N2O6S. The lowest BCUT2D eigenvalue weighted by Gasteiger charge is -2.26. The number of ether oxygens (including phenoxy) is 3. The number of amides is 1. The van der Waals surface area contributed by atoms with Crippen LogP contribution in [0.2, 0.25) is 0 Å². The molecule has 1 aliphatic heterocycles. The molecule has 0 saturated carbocycles. The van der Waals surface area contributed by atoms with Crippen LogP contribution >= 0.6 is 0 Å². The quantitative estimate of drug-likeness (QED) is 0.604. The van der Waals surface area contributed by atoms with E-state index in [1.807, 2.05) is 0 Å². The molecule has 0 spiro atoms. The summed E-state index contributed by atoms with van der Waals surface area (Å²) in [5, 5.41) is 2.49. The molecule has 0 atom stereocenters. The molecule has 33 heavy (non-hydrogen) atoms. The summed E-state index contributed by atoms with van der Waals surface area (Å²) in [5.41, 5.74) is 0.691. The van der Waals surface area contributed by atoms with Crippen molar-refractivity contribution in [3.05, 3.63) is 54.1 Å². The standard InChI is InChI=1S/C21H21F3N2O6S/c1-30-18-8-2-15(14-19(18)33(28,29)26-10-12-31-13-11-26)3-9-20(27)25-16-4-6-17(7-5-16)32-21(22,23)24/h2-9,14H,10-13H2,1H3,(H,25,27). The maximum absolute atomic E-state index is 13.0. The number of hydrogen-bond acceptors (Lipinski definition) is 6. The van der Waals surface area contributed by atoms with E-state index in [2.05, 4.69) is 10.1 Å². The first-order chi connectivity index (χ1) is 15.6. The normalized spacial score (nSPS) is 15.4. The number of sulfonamides is 1. The Morgan fingerprint density at radius 1 is 1.12 bits per heavy atom. The van der Waals surface area contributed by atoms with Crippen LogP contribution in [0.3, 0.4) is 0 Å². The molecule has 2 aromatic rings. The molecule has 0 radical (unpaired) electrons. The molecule has 1 amide bonds. The predicted molar refractivity (Wildman–Crippen MR) is 113 cm³/mol. The summed E-state index contributed by atoms with van der Waals surface area (Å²) in [5.74, 6) is -0.805. The minimum atomic E-state index is -4.81. The van der Waals surface area contributed by atoms with Crippen LogP contribution < -0.4 is 14.8 Å². The van der Waals surface area contributed by atoms with Gasteiger partial charge in [-0.25, -0.2) is 8.42 Å². The van der Waals surface area contributed by atoms with Gasteiger partial charge in [-0.1, -0.05) is 6.07 Å². The first-order valence-electron chi connectivity index (χ1n) is 9.69. The van der Waals surface area contributed by atoms with Gasteiger partial charge in [-0.15, -0.1) is 13.2 Å². The third-order valence-corrected chi connectivity index (χ3v) is 6.48. The van der Waals surface area contributed by atoms with Gasteiger partial charge in [-0.3, -0.25) is 4.79 Å². The van der Waals surface area contributed by atoms with E-state index < -0.39 is 28.0 Å². The van der Waals surface area contributed by atoms with Crippen molar-refractivity contribution in [1.29, 1.82) is 0 Å². The molecular weight excluding hydrogens is 465 g/mol. The van der Waals surface area contributed by atoms with E-state index in [1.165, 1.54) is 47.8 Å². The van der Waals surface area contributed by atoms with Crippen molar-refractivity contribution in [2.45, 2.75) is 11.3 Å². The van der Waals surface area contributed by atoms with Crippen molar-refractivity contribution in [3.8, 4) is 11.5 Å². The lowest BCUT2D eigenvalue weighted by Crippen LogP contribution is -2.40. The summed E-state index contributed by atoms with van der Waals surface area (Å²) in [6.45, 7) is 1.04. The number of methoxy groups -OCH3 is 1. The summed E-state index contributed by atoms with van der Waals surface area (Å²) >= 11 is 0. The van der Waals surface area contributed by atoms with Gasteiger partial charge in [-0.2, -0.15) is 4.31 Å². The lowest BCUT2D eigenvalue weighted by molar-refractivity contribution is -0.274. The van der Waals surface area contributed by atoms with Crippen LogP contribution in [-0.4, -0.2) is 58.4 Å². The Hall–Kier alpha value is -3.09. The first-order valence-corrected chi connectivity index (χ1v) is 11.1. The average Bonchev–Trinajstić information content (AvgIpc) is 2.78. The zero-order valence-electron chi connectivity index (χ0n) is 17.5. The molecule has 1 aliphatic rings. The summed E-state index contributed by atoms with van der Waals surface area (Å²) < 4.78 is 78.2. The van der Waals surface area contributed by atoms with Gasteiger partial charge in [0.25, 0.3) is 0 Å². The highest BCUT2D eigenvalue weighted by Gasteiger charge is 2.31. The van der Waals surface area contributed by atoms with E-state index in [0.29, 0.717) is 18.8 Å².